The third kappa shape index (κ3) is 3.59. The van der Waals surface area contributed by atoms with Crippen LogP contribution in [-0.4, -0.2) is 54.4 Å². The number of ether oxygens (including phenoxy) is 1. The minimum Gasteiger partial charge on any atom is -0.481 e. The molecule has 2 aliphatic rings. The Morgan fingerprint density at radius 1 is 1.42 bits per heavy atom. The van der Waals surface area contributed by atoms with Gasteiger partial charge in [-0.3, -0.25) is 4.79 Å². The summed E-state index contributed by atoms with van der Waals surface area (Å²) in [4.78, 5) is 24.7. The lowest BCUT2D eigenvalue weighted by molar-refractivity contribution is -0.143. The molecule has 0 aromatic carbocycles. The van der Waals surface area contributed by atoms with E-state index in [-0.39, 0.29) is 12.1 Å². The Bertz CT molecular complexity index is 342. The number of nitrogens with zero attached hydrogens (tertiary/aromatic N) is 1. The minimum absolute atomic E-state index is 0.0696. The predicted octanol–water partition coefficient (Wildman–Crippen LogP) is 0.918. The first-order chi connectivity index (χ1) is 9.08. The zero-order valence-electron chi connectivity index (χ0n) is 11.3. The number of carbonyl (C=O) groups is 2. The molecule has 19 heavy (non-hydrogen) atoms. The van der Waals surface area contributed by atoms with Crippen LogP contribution in [0.5, 0.6) is 0 Å². The van der Waals surface area contributed by atoms with E-state index in [1.54, 1.807) is 4.90 Å². The summed E-state index contributed by atoms with van der Waals surface area (Å²) < 4.78 is 5.31. The highest BCUT2D eigenvalue weighted by Crippen LogP contribution is 2.19. The molecule has 2 heterocycles. The molecule has 2 N–H and O–H groups in total. The molecule has 0 radical (unpaired) electrons. The fourth-order valence-electron chi connectivity index (χ4n) is 2.71. The molecule has 2 amide bonds. The van der Waals surface area contributed by atoms with Gasteiger partial charge < -0.3 is 20.1 Å². The number of urea groups is 1. The van der Waals surface area contributed by atoms with E-state index in [4.69, 9.17) is 9.84 Å². The lowest BCUT2D eigenvalue weighted by Crippen LogP contribution is -2.50. The van der Waals surface area contributed by atoms with Gasteiger partial charge in [0.15, 0.2) is 0 Å². The van der Waals surface area contributed by atoms with Crippen LogP contribution in [0.4, 0.5) is 4.79 Å². The van der Waals surface area contributed by atoms with E-state index < -0.39 is 11.9 Å². The normalized spacial score (nSPS) is 29.0. The molecule has 3 unspecified atom stereocenters. The number of likely N-dealkylation sites (tertiary alicyclic amines) is 1. The van der Waals surface area contributed by atoms with Crippen LogP contribution in [-0.2, 0) is 9.53 Å². The maximum Gasteiger partial charge on any atom is 0.317 e. The number of hydrogen-bond acceptors (Lipinski definition) is 3. The molecule has 3 atom stereocenters. The van der Waals surface area contributed by atoms with Gasteiger partial charge in [0.2, 0.25) is 0 Å². The van der Waals surface area contributed by atoms with E-state index >= 15 is 0 Å². The number of carbonyl (C=O) groups excluding carboxylic acids is 1. The summed E-state index contributed by atoms with van der Waals surface area (Å²) in [5.41, 5.74) is 0. The highest BCUT2D eigenvalue weighted by Gasteiger charge is 2.30. The largest absolute Gasteiger partial charge is 0.481 e. The van der Waals surface area contributed by atoms with Gasteiger partial charge in [-0.05, 0) is 26.2 Å². The molecule has 0 bridgehead atoms. The van der Waals surface area contributed by atoms with Gasteiger partial charge in [0.25, 0.3) is 0 Å². The Kier molecular flexibility index (Phi) is 4.63. The summed E-state index contributed by atoms with van der Waals surface area (Å²) in [6, 6.07) is -0.0782. The van der Waals surface area contributed by atoms with Crippen LogP contribution in [0.2, 0.25) is 0 Å². The topological polar surface area (TPSA) is 78.9 Å². The molecule has 0 aromatic heterocycles. The number of piperidine rings is 1. The summed E-state index contributed by atoms with van der Waals surface area (Å²) in [7, 11) is 0. The quantitative estimate of drug-likeness (QED) is 0.799. The van der Waals surface area contributed by atoms with Crippen molar-refractivity contribution < 1.29 is 19.4 Å². The van der Waals surface area contributed by atoms with E-state index in [2.05, 4.69) is 5.32 Å². The number of amides is 2. The first kappa shape index (κ1) is 14.1. The molecule has 108 valence electrons. The first-order valence-corrected chi connectivity index (χ1v) is 6.94. The summed E-state index contributed by atoms with van der Waals surface area (Å²) in [6.45, 7) is 4.39. The average molecular weight is 270 g/mol. The van der Waals surface area contributed by atoms with E-state index in [1.807, 2.05) is 6.92 Å². The Morgan fingerprint density at radius 2 is 2.21 bits per heavy atom. The lowest BCUT2D eigenvalue weighted by atomic mass is 9.98. The summed E-state index contributed by atoms with van der Waals surface area (Å²) in [5, 5.41) is 12.0. The number of nitrogens with one attached hydrogen (secondary N) is 1. The molecule has 0 saturated carbocycles. The Labute approximate surface area is 113 Å². The molecule has 2 rings (SSSR count). The third-order valence-corrected chi connectivity index (χ3v) is 4.08. The van der Waals surface area contributed by atoms with Gasteiger partial charge in [0, 0.05) is 31.7 Å². The monoisotopic (exact) mass is 270 g/mol. The van der Waals surface area contributed by atoms with Crippen molar-refractivity contribution in [3.8, 4) is 0 Å². The summed E-state index contributed by atoms with van der Waals surface area (Å²) in [6.07, 6.45) is 2.38. The predicted molar refractivity (Wildman–Crippen MR) is 68.9 cm³/mol. The van der Waals surface area contributed by atoms with Gasteiger partial charge in [-0.15, -0.1) is 0 Å². The van der Waals surface area contributed by atoms with Gasteiger partial charge in [0.05, 0.1) is 12.5 Å². The van der Waals surface area contributed by atoms with Crippen LogP contribution in [0.1, 0.15) is 26.2 Å². The minimum atomic E-state index is -0.810. The van der Waals surface area contributed by atoms with Crippen LogP contribution in [0.25, 0.3) is 0 Å². The smallest absolute Gasteiger partial charge is 0.317 e. The van der Waals surface area contributed by atoms with E-state index in [1.165, 1.54) is 0 Å². The molecule has 2 aliphatic heterocycles. The second-order valence-corrected chi connectivity index (χ2v) is 5.49. The highest BCUT2D eigenvalue weighted by molar-refractivity contribution is 5.76. The maximum atomic E-state index is 12.1. The van der Waals surface area contributed by atoms with Gasteiger partial charge in [-0.2, -0.15) is 0 Å². The van der Waals surface area contributed by atoms with Crippen LogP contribution < -0.4 is 5.32 Å². The maximum absolute atomic E-state index is 12.1. The van der Waals surface area contributed by atoms with Crippen molar-refractivity contribution in [1.82, 2.24) is 10.2 Å². The highest BCUT2D eigenvalue weighted by atomic mass is 16.5. The third-order valence-electron chi connectivity index (χ3n) is 4.08. The van der Waals surface area contributed by atoms with E-state index in [9.17, 15) is 9.59 Å². The van der Waals surface area contributed by atoms with Gasteiger partial charge in [0.1, 0.15) is 0 Å². The van der Waals surface area contributed by atoms with Crippen molar-refractivity contribution in [2.24, 2.45) is 11.8 Å². The molecule has 6 heteroatoms. The number of carboxylic acid groups (broad SMARTS) is 1. The Morgan fingerprint density at radius 3 is 2.84 bits per heavy atom. The lowest BCUT2D eigenvalue weighted by Gasteiger charge is -2.32. The molecule has 0 aromatic rings. The van der Waals surface area contributed by atoms with Crippen LogP contribution in [0.3, 0.4) is 0 Å². The Hall–Kier alpha value is -1.30. The van der Waals surface area contributed by atoms with Crippen molar-refractivity contribution in [3.63, 3.8) is 0 Å². The van der Waals surface area contributed by atoms with Gasteiger partial charge in [-0.25, -0.2) is 4.79 Å². The average Bonchev–Trinajstić information content (AvgIpc) is 2.92. The molecule has 0 spiro atoms. The zero-order valence-corrected chi connectivity index (χ0v) is 11.3. The van der Waals surface area contributed by atoms with Crippen LogP contribution in [0.15, 0.2) is 0 Å². The molecular formula is C13H22N2O4. The van der Waals surface area contributed by atoms with Crippen molar-refractivity contribution in [1.29, 1.82) is 0 Å². The zero-order chi connectivity index (χ0) is 13.8. The Balaban J connectivity index is 1.83. The molecule has 0 aliphatic carbocycles. The van der Waals surface area contributed by atoms with Crippen LogP contribution >= 0.6 is 0 Å². The molecule has 6 nitrogen and oxygen atoms in total. The first-order valence-electron chi connectivity index (χ1n) is 6.94. The fourth-order valence-corrected chi connectivity index (χ4v) is 2.71. The second kappa shape index (κ2) is 6.23. The summed E-state index contributed by atoms with van der Waals surface area (Å²) >= 11 is 0. The van der Waals surface area contributed by atoms with Crippen molar-refractivity contribution in [3.05, 3.63) is 0 Å². The van der Waals surface area contributed by atoms with Crippen LogP contribution in [0, 0.1) is 11.8 Å². The number of rotatable bonds is 3. The summed E-state index contributed by atoms with van der Waals surface area (Å²) in [5.74, 6) is -0.872. The molecule has 2 saturated heterocycles. The standard InChI is InChI=1S/C13H22N2O4/c1-9(11-4-6-19-8-11)14-13(18)15-5-2-3-10(7-15)12(16)17/h9-11H,2-8H2,1H3,(H,14,18)(H,16,17). The number of hydrogen-bond donors (Lipinski definition) is 2. The van der Waals surface area contributed by atoms with Crippen molar-refractivity contribution in [2.75, 3.05) is 26.3 Å². The van der Waals surface area contributed by atoms with E-state index in [0.29, 0.717) is 32.0 Å². The number of aliphatic carboxylic acids is 1. The van der Waals surface area contributed by atoms with Gasteiger partial charge in [-0.1, -0.05) is 0 Å². The fraction of sp³-hybridized carbons (Fsp3) is 0.846. The number of carboxylic acids is 1. The van der Waals surface area contributed by atoms with Gasteiger partial charge >= 0.3 is 12.0 Å². The van der Waals surface area contributed by atoms with Crippen molar-refractivity contribution in [2.45, 2.75) is 32.2 Å². The molecule has 2 fully saturated rings. The van der Waals surface area contributed by atoms with E-state index in [0.717, 1.165) is 19.4 Å². The SMILES string of the molecule is CC(NC(=O)N1CCCC(C(=O)O)C1)C1CCOC1. The van der Waals surface area contributed by atoms with Crippen molar-refractivity contribution >= 4 is 12.0 Å². The molecular weight excluding hydrogens is 248 g/mol. The second-order valence-electron chi connectivity index (χ2n) is 5.49.